The van der Waals surface area contributed by atoms with Gasteiger partial charge in [-0.25, -0.2) is 0 Å². The summed E-state index contributed by atoms with van der Waals surface area (Å²) in [5.41, 5.74) is 4.74. The number of Topliss-reactive ketones (excluding diaryl/α,β-unsaturated/α-hetero) is 2. The van der Waals surface area contributed by atoms with Crippen LogP contribution in [0.4, 0.5) is 0 Å². The van der Waals surface area contributed by atoms with E-state index in [0.29, 0.717) is 36.6 Å². The summed E-state index contributed by atoms with van der Waals surface area (Å²) >= 11 is 0. The summed E-state index contributed by atoms with van der Waals surface area (Å²) in [5, 5.41) is 45.5. The number of carbonyl (C=O) groups is 3. The fourth-order valence-electron chi connectivity index (χ4n) is 7.58. The SMILES string of the molecule is COc1ccc(CN2CCOCC2)cc1-c1ccc(O)c2c1C[C@H]1C[C@@H]3[C@@H](N(C)C)C(=O)C(C(N)=O)=C(O)[C@@]3(O)C(=O)C1=C2O. The smallest absolute Gasteiger partial charge is 0.255 e. The number of ketones is 2. The number of carbonyl (C=O) groups excluding carboxylic acids is 3. The summed E-state index contributed by atoms with van der Waals surface area (Å²) in [6.45, 7) is 3.63. The highest BCUT2D eigenvalue weighted by Gasteiger charge is 2.64. The Morgan fingerprint density at radius 2 is 1.82 bits per heavy atom. The average molecular weight is 620 g/mol. The van der Waals surface area contributed by atoms with Gasteiger partial charge in [-0.3, -0.25) is 24.2 Å². The molecule has 1 amide bonds. The molecule has 1 aliphatic heterocycles. The zero-order valence-corrected chi connectivity index (χ0v) is 25.4. The second kappa shape index (κ2) is 11.3. The number of nitrogens with zero attached hydrogens (tertiary/aromatic N) is 2. The Hall–Kier alpha value is -4.23. The third kappa shape index (κ3) is 4.71. The summed E-state index contributed by atoms with van der Waals surface area (Å²) in [4.78, 5) is 43.5. The van der Waals surface area contributed by atoms with E-state index in [1.807, 2.05) is 18.2 Å². The average Bonchev–Trinajstić information content (AvgIpc) is 2.99. The third-order valence-electron chi connectivity index (χ3n) is 9.67. The molecule has 2 aromatic carbocycles. The molecule has 0 spiro atoms. The van der Waals surface area contributed by atoms with Gasteiger partial charge >= 0.3 is 0 Å². The minimum absolute atomic E-state index is 0.00899. The van der Waals surface area contributed by atoms with Crippen LogP contribution in [0.5, 0.6) is 11.5 Å². The van der Waals surface area contributed by atoms with Gasteiger partial charge in [-0.15, -0.1) is 0 Å². The number of fused-ring (bicyclic) bond motifs is 3. The van der Waals surface area contributed by atoms with E-state index in [0.717, 1.165) is 24.2 Å². The molecule has 2 fully saturated rings. The number of amides is 1. The van der Waals surface area contributed by atoms with Crippen molar-refractivity contribution in [2.45, 2.75) is 31.0 Å². The van der Waals surface area contributed by atoms with Crippen molar-refractivity contribution in [3.8, 4) is 22.6 Å². The molecule has 238 valence electrons. The van der Waals surface area contributed by atoms with E-state index in [9.17, 15) is 34.8 Å². The van der Waals surface area contributed by atoms with Crippen molar-refractivity contribution < 1.29 is 44.3 Å². The topological polar surface area (TPSA) is 183 Å². The number of aliphatic hydroxyl groups is 3. The van der Waals surface area contributed by atoms with Crippen molar-refractivity contribution in [1.29, 1.82) is 0 Å². The van der Waals surface area contributed by atoms with Gasteiger partial charge in [0.1, 0.15) is 28.6 Å². The number of likely N-dealkylation sites (N-methyl/N-ethyl adjacent to an activating group) is 1. The summed E-state index contributed by atoms with van der Waals surface area (Å²) in [6.07, 6.45) is 0.185. The van der Waals surface area contributed by atoms with Gasteiger partial charge in [0.05, 0.1) is 31.9 Å². The van der Waals surface area contributed by atoms with E-state index in [-0.39, 0.29) is 29.7 Å². The van der Waals surface area contributed by atoms with Crippen molar-refractivity contribution in [1.82, 2.24) is 9.80 Å². The van der Waals surface area contributed by atoms with E-state index in [1.54, 1.807) is 27.3 Å². The molecule has 45 heavy (non-hydrogen) atoms. The van der Waals surface area contributed by atoms with Crippen LogP contribution in [0, 0.1) is 11.8 Å². The molecule has 12 heteroatoms. The van der Waals surface area contributed by atoms with Crippen molar-refractivity contribution in [2.75, 3.05) is 47.5 Å². The lowest BCUT2D eigenvalue weighted by Crippen LogP contribution is -2.65. The summed E-state index contributed by atoms with van der Waals surface area (Å²) in [5.74, 6) is -6.28. The van der Waals surface area contributed by atoms with Crippen LogP contribution in [0.25, 0.3) is 16.9 Å². The van der Waals surface area contributed by atoms with Crippen molar-refractivity contribution >= 4 is 23.2 Å². The van der Waals surface area contributed by atoms with E-state index in [1.165, 1.54) is 11.0 Å². The first-order chi connectivity index (χ1) is 21.4. The molecule has 4 atom stereocenters. The van der Waals surface area contributed by atoms with Gasteiger partial charge in [0, 0.05) is 36.7 Å². The summed E-state index contributed by atoms with van der Waals surface area (Å²) in [7, 11) is 4.70. The first-order valence-corrected chi connectivity index (χ1v) is 14.9. The molecule has 0 aromatic heterocycles. The van der Waals surface area contributed by atoms with E-state index in [4.69, 9.17) is 15.2 Å². The Labute approximate surface area is 259 Å². The molecule has 6 rings (SSSR count). The van der Waals surface area contributed by atoms with Gasteiger partial charge in [-0.2, -0.15) is 0 Å². The highest BCUT2D eigenvalue weighted by Crippen LogP contribution is 2.54. The summed E-state index contributed by atoms with van der Waals surface area (Å²) < 4.78 is 11.2. The van der Waals surface area contributed by atoms with Crippen molar-refractivity contribution in [3.05, 3.63) is 63.9 Å². The number of benzene rings is 2. The molecule has 4 aliphatic rings. The molecule has 6 N–H and O–H groups in total. The fraction of sp³-hybridized carbons (Fsp3) is 0.424. The standard InChI is InChI=1S/C33H37N3O9/c1-35(2)27-21-14-17-13-20-18(19-12-16(4-7-23(19)44-3)15-36-8-10-45-11-9-36)5-6-22(37)25(20)28(38)24(17)30(40)33(21,43)31(41)26(29(27)39)32(34)42/h4-7,12,17,21,27,37-38,41,43H,8-11,13-15H2,1-3H3,(H2,34,42)/t17-,21+,27+,33-/m0/s1. The molecule has 0 bridgehead atoms. The van der Waals surface area contributed by atoms with Crippen LogP contribution < -0.4 is 10.5 Å². The van der Waals surface area contributed by atoms with Crippen LogP contribution in [0.15, 0.2) is 47.2 Å². The number of morpholine rings is 1. The molecule has 1 saturated carbocycles. The van der Waals surface area contributed by atoms with Crippen molar-refractivity contribution in [3.63, 3.8) is 0 Å². The molecule has 3 aliphatic carbocycles. The highest BCUT2D eigenvalue weighted by atomic mass is 16.5. The number of phenolic OH excluding ortho intramolecular Hbond substituents is 1. The molecule has 0 radical (unpaired) electrons. The third-order valence-corrected chi connectivity index (χ3v) is 9.67. The first kappa shape index (κ1) is 30.8. The number of aliphatic hydroxyl groups excluding tert-OH is 2. The predicted octanol–water partition coefficient (Wildman–Crippen LogP) is 1.47. The lowest BCUT2D eigenvalue weighted by Gasteiger charge is -2.50. The van der Waals surface area contributed by atoms with Gasteiger partial charge in [0.2, 0.25) is 5.78 Å². The molecule has 12 nitrogen and oxygen atoms in total. The number of hydrogen-bond donors (Lipinski definition) is 5. The number of nitrogens with two attached hydrogens (primary N) is 1. The van der Waals surface area contributed by atoms with Gasteiger partial charge in [0.15, 0.2) is 11.4 Å². The normalized spacial score (nSPS) is 26.9. The van der Waals surface area contributed by atoms with Gasteiger partial charge in [-0.05, 0) is 67.7 Å². The molecule has 2 aromatic rings. The van der Waals surface area contributed by atoms with E-state index in [2.05, 4.69) is 4.90 Å². The van der Waals surface area contributed by atoms with Gasteiger partial charge < -0.3 is 35.6 Å². The van der Waals surface area contributed by atoms with Crippen molar-refractivity contribution in [2.24, 2.45) is 17.6 Å². The second-order valence-electron chi connectivity index (χ2n) is 12.4. The van der Waals surface area contributed by atoms with Gasteiger partial charge in [0.25, 0.3) is 5.91 Å². The first-order valence-electron chi connectivity index (χ1n) is 14.9. The maximum absolute atomic E-state index is 14.1. The Bertz CT molecular complexity index is 1670. The molecule has 0 unspecified atom stereocenters. The Morgan fingerprint density at radius 1 is 1.11 bits per heavy atom. The fourth-order valence-corrected chi connectivity index (χ4v) is 7.58. The number of phenols is 1. The molecule has 1 saturated heterocycles. The van der Waals surface area contributed by atoms with Crippen LogP contribution >= 0.6 is 0 Å². The van der Waals surface area contributed by atoms with Gasteiger partial charge in [-0.1, -0.05) is 12.1 Å². The zero-order valence-electron chi connectivity index (χ0n) is 25.4. The van der Waals surface area contributed by atoms with E-state index < -0.39 is 58.0 Å². The number of aromatic hydroxyl groups is 1. The largest absolute Gasteiger partial charge is 0.508 e. The molecule has 1 heterocycles. The Morgan fingerprint density at radius 3 is 2.47 bits per heavy atom. The minimum Gasteiger partial charge on any atom is -0.508 e. The lowest BCUT2D eigenvalue weighted by atomic mass is 9.57. The molecular weight excluding hydrogens is 582 g/mol. The number of primary amides is 1. The molecular formula is C33H37N3O9. The maximum Gasteiger partial charge on any atom is 0.255 e. The number of rotatable bonds is 6. The monoisotopic (exact) mass is 619 g/mol. The maximum atomic E-state index is 14.1. The number of methoxy groups -OCH3 is 1. The highest BCUT2D eigenvalue weighted by molar-refractivity contribution is 6.24. The second-order valence-corrected chi connectivity index (χ2v) is 12.4. The number of hydrogen-bond acceptors (Lipinski definition) is 11. The van der Waals surface area contributed by atoms with E-state index >= 15 is 0 Å². The predicted molar refractivity (Wildman–Crippen MR) is 162 cm³/mol. The minimum atomic E-state index is -2.69. The zero-order chi connectivity index (χ0) is 32.4. The lowest BCUT2D eigenvalue weighted by molar-refractivity contribution is -0.153. The van der Waals surface area contributed by atoms with Crippen LogP contribution in [0.1, 0.15) is 23.1 Å². The van der Waals surface area contributed by atoms with Crippen LogP contribution in [0.3, 0.4) is 0 Å². The Kier molecular flexibility index (Phi) is 7.72. The van der Waals surface area contributed by atoms with Crippen LogP contribution in [-0.4, -0.2) is 107 Å². The quantitative estimate of drug-likeness (QED) is 0.295. The van der Waals surface area contributed by atoms with Crippen LogP contribution in [-0.2, 0) is 32.1 Å². The summed E-state index contributed by atoms with van der Waals surface area (Å²) in [6, 6.07) is 7.89. The van der Waals surface area contributed by atoms with Crippen LogP contribution in [0.2, 0.25) is 0 Å². The number of ether oxygens (including phenoxy) is 2. The Balaban J connectivity index is 1.49.